The van der Waals surface area contributed by atoms with Crippen molar-refractivity contribution < 1.29 is 4.79 Å². The summed E-state index contributed by atoms with van der Waals surface area (Å²) in [6.07, 6.45) is 2.23. The number of amides is 1. The Hall–Kier alpha value is -0.610. The van der Waals surface area contributed by atoms with Crippen molar-refractivity contribution in [1.29, 1.82) is 0 Å². The molecule has 2 unspecified atom stereocenters. The van der Waals surface area contributed by atoms with Crippen molar-refractivity contribution in [2.45, 2.75) is 58.7 Å². The second-order valence-corrected chi connectivity index (χ2v) is 5.60. The van der Waals surface area contributed by atoms with Gasteiger partial charge in [-0.3, -0.25) is 9.69 Å². The highest BCUT2D eigenvalue weighted by Gasteiger charge is 2.28. The number of rotatable bonds is 5. The third kappa shape index (κ3) is 3.95. The van der Waals surface area contributed by atoms with Gasteiger partial charge < -0.3 is 10.2 Å². The minimum absolute atomic E-state index is 0.236. The maximum Gasteiger partial charge on any atom is 0.236 e. The highest BCUT2D eigenvalue weighted by Crippen LogP contribution is 2.12. The minimum atomic E-state index is 0.236. The average Bonchev–Trinajstić information content (AvgIpc) is 2.37. The molecular weight excluding hydrogens is 226 g/mol. The number of hydrogen-bond donors (Lipinski definition) is 1. The molecule has 0 aromatic heterocycles. The molecule has 1 rings (SSSR count). The third-order valence-corrected chi connectivity index (χ3v) is 4.08. The van der Waals surface area contributed by atoms with E-state index in [-0.39, 0.29) is 11.9 Å². The number of carbonyl (C=O) groups is 1. The van der Waals surface area contributed by atoms with E-state index in [1.165, 1.54) is 0 Å². The molecule has 0 aliphatic carbocycles. The smallest absolute Gasteiger partial charge is 0.236 e. The number of carbonyl (C=O) groups excluding carboxylic acids is 1. The van der Waals surface area contributed by atoms with Crippen LogP contribution < -0.4 is 5.32 Å². The van der Waals surface area contributed by atoms with Crippen LogP contribution in [0.3, 0.4) is 0 Å². The molecule has 4 nitrogen and oxygen atoms in total. The molecule has 0 radical (unpaired) electrons. The van der Waals surface area contributed by atoms with E-state index >= 15 is 0 Å². The number of hydrogen-bond acceptors (Lipinski definition) is 3. The molecule has 2 atom stereocenters. The Morgan fingerprint density at radius 2 is 2.06 bits per heavy atom. The fourth-order valence-electron chi connectivity index (χ4n) is 2.37. The topological polar surface area (TPSA) is 35.6 Å². The zero-order valence-electron chi connectivity index (χ0n) is 12.6. The number of nitrogens with one attached hydrogen (secondary N) is 1. The van der Waals surface area contributed by atoms with E-state index in [0.29, 0.717) is 18.6 Å². The van der Waals surface area contributed by atoms with Crippen LogP contribution in [0.25, 0.3) is 0 Å². The van der Waals surface area contributed by atoms with Gasteiger partial charge in [0.1, 0.15) is 0 Å². The summed E-state index contributed by atoms with van der Waals surface area (Å²) in [5, 5.41) is 3.56. The summed E-state index contributed by atoms with van der Waals surface area (Å²) < 4.78 is 0. The fraction of sp³-hybridized carbons (Fsp3) is 0.929. The van der Waals surface area contributed by atoms with Crippen LogP contribution in [0.2, 0.25) is 0 Å². The molecule has 106 valence electrons. The Kier molecular flexibility index (Phi) is 6.09. The lowest BCUT2D eigenvalue weighted by atomic mass is 10.1. The number of piperazine rings is 1. The molecule has 0 saturated carbocycles. The first-order valence-corrected chi connectivity index (χ1v) is 7.22. The predicted octanol–water partition coefficient (Wildman–Crippen LogP) is 1.32. The van der Waals surface area contributed by atoms with Gasteiger partial charge >= 0.3 is 0 Å². The number of nitrogens with zero attached hydrogens (tertiary/aromatic N) is 2. The lowest BCUT2D eigenvalue weighted by Crippen LogP contribution is -2.58. The van der Waals surface area contributed by atoms with E-state index in [9.17, 15) is 4.79 Å². The third-order valence-electron chi connectivity index (χ3n) is 4.08. The predicted molar refractivity (Wildman–Crippen MR) is 75.6 cm³/mol. The summed E-state index contributed by atoms with van der Waals surface area (Å²) in [6.45, 7) is 11.1. The molecule has 18 heavy (non-hydrogen) atoms. The summed E-state index contributed by atoms with van der Waals surface area (Å²) in [6, 6.07) is 1.31. The van der Waals surface area contributed by atoms with Gasteiger partial charge in [-0.25, -0.2) is 0 Å². The zero-order chi connectivity index (χ0) is 13.7. The quantitative estimate of drug-likeness (QED) is 0.805. The van der Waals surface area contributed by atoms with Crippen LogP contribution in [0.5, 0.6) is 0 Å². The first-order chi connectivity index (χ1) is 8.49. The molecule has 1 saturated heterocycles. The van der Waals surface area contributed by atoms with Crippen molar-refractivity contribution in [3.63, 3.8) is 0 Å². The van der Waals surface area contributed by atoms with Crippen LogP contribution in [-0.2, 0) is 4.79 Å². The van der Waals surface area contributed by atoms with Crippen molar-refractivity contribution in [2.24, 2.45) is 0 Å². The lowest BCUT2D eigenvalue weighted by molar-refractivity contribution is -0.133. The van der Waals surface area contributed by atoms with E-state index < -0.39 is 0 Å². The van der Waals surface area contributed by atoms with Gasteiger partial charge in [0.05, 0.1) is 6.54 Å². The molecule has 1 fully saturated rings. The van der Waals surface area contributed by atoms with E-state index in [1.54, 1.807) is 0 Å². The van der Waals surface area contributed by atoms with Crippen molar-refractivity contribution in [2.75, 3.05) is 26.7 Å². The minimum Gasteiger partial charge on any atom is -0.342 e. The van der Waals surface area contributed by atoms with Crippen LogP contribution in [0.4, 0.5) is 0 Å². The van der Waals surface area contributed by atoms with Gasteiger partial charge in [-0.2, -0.15) is 0 Å². The highest BCUT2D eigenvalue weighted by atomic mass is 16.2. The SMILES string of the molecule is CCC1CN(CC(=O)N(C)C(C)C)C(CC)CN1. The van der Waals surface area contributed by atoms with Gasteiger partial charge in [0, 0.05) is 38.3 Å². The Labute approximate surface area is 112 Å². The van der Waals surface area contributed by atoms with Crippen LogP contribution in [-0.4, -0.2) is 60.5 Å². The van der Waals surface area contributed by atoms with E-state index in [2.05, 4.69) is 37.9 Å². The lowest BCUT2D eigenvalue weighted by Gasteiger charge is -2.40. The second-order valence-electron chi connectivity index (χ2n) is 5.60. The molecule has 4 heteroatoms. The van der Waals surface area contributed by atoms with Gasteiger partial charge in [0.2, 0.25) is 5.91 Å². The maximum absolute atomic E-state index is 12.2. The highest BCUT2D eigenvalue weighted by molar-refractivity contribution is 5.78. The first-order valence-electron chi connectivity index (χ1n) is 7.22. The monoisotopic (exact) mass is 255 g/mol. The van der Waals surface area contributed by atoms with Crippen LogP contribution in [0, 0.1) is 0 Å². The molecule has 0 aromatic carbocycles. The molecule has 1 aliphatic rings. The summed E-state index contributed by atoms with van der Waals surface area (Å²) in [5.41, 5.74) is 0. The Balaban J connectivity index is 2.58. The van der Waals surface area contributed by atoms with E-state index in [4.69, 9.17) is 0 Å². The van der Waals surface area contributed by atoms with Gasteiger partial charge in [-0.05, 0) is 26.7 Å². The van der Waals surface area contributed by atoms with Gasteiger partial charge in [-0.15, -0.1) is 0 Å². The summed E-state index contributed by atoms with van der Waals surface area (Å²) in [7, 11) is 1.90. The summed E-state index contributed by atoms with van der Waals surface area (Å²) in [4.78, 5) is 16.4. The normalized spacial score (nSPS) is 25.4. The Bertz CT molecular complexity index is 268. The van der Waals surface area contributed by atoms with Crippen molar-refractivity contribution in [3.8, 4) is 0 Å². The van der Waals surface area contributed by atoms with E-state index in [1.807, 2.05) is 11.9 Å². The molecule has 0 aromatic rings. The average molecular weight is 255 g/mol. The molecule has 1 aliphatic heterocycles. The first kappa shape index (κ1) is 15.4. The number of likely N-dealkylation sites (N-methyl/N-ethyl adjacent to an activating group) is 1. The van der Waals surface area contributed by atoms with Gasteiger partial charge in [-0.1, -0.05) is 13.8 Å². The fourth-order valence-corrected chi connectivity index (χ4v) is 2.37. The van der Waals surface area contributed by atoms with Crippen LogP contribution >= 0.6 is 0 Å². The van der Waals surface area contributed by atoms with Crippen molar-refractivity contribution >= 4 is 5.91 Å². The van der Waals surface area contributed by atoms with Crippen molar-refractivity contribution in [1.82, 2.24) is 15.1 Å². The molecule has 0 spiro atoms. The summed E-state index contributed by atoms with van der Waals surface area (Å²) >= 11 is 0. The van der Waals surface area contributed by atoms with Gasteiger partial charge in [0.15, 0.2) is 0 Å². The zero-order valence-corrected chi connectivity index (χ0v) is 12.6. The molecule has 1 N–H and O–H groups in total. The molecule has 1 amide bonds. The second kappa shape index (κ2) is 7.10. The Morgan fingerprint density at radius 3 is 2.56 bits per heavy atom. The van der Waals surface area contributed by atoms with Crippen LogP contribution in [0.15, 0.2) is 0 Å². The standard InChI is InChI=1S/C14H29N3O/c1-6-12-9-17(13(7-2)8-15-12)10-14(18)16(5)11(3)4/h11-13,15H,6-10H2,1-5H3. The van der Waals surface area contributed by atoms with Crippen LogP contribution in [0.1, 0.15) is 40.5 Å². The van der Waals surface area contributed by atoms with Crippen molar-refractivity contribution in [3.05, 3.63) is 0 Å². The molecular formula is C14H29N3O. The van der Waals surface area contributed by atoms with E-state index in [0.717, 1.165) is 25.9 Å². The largest absolute Gasteiger partial charge is 0.342 e. The Morgan fingerprint density at radius 1 is 1.39 bits per heavy atom. The van der Waals surface area contributed by atoms with Gasteiger partial charge in [0.25, 0.3) is 0 Å². The summed E-state index contributed by atoms with van der Waals surface area (Å²) in [5.74, 6) is 0.236. The molecule has 0 bridgehead atoms. The maximum atomic E-state index is 12.2. The molecule has 1 heterocycles.